The van der Waals surface area contributed by atoms with Gasteiger partial charge in [-0.2, -0.15) is 26.3 Å². The van der Waals surface area contributed by atoms with E-state index in [1.165, 1.54) is 6.92 Å². The Morgan fingerprint density at radius 2 is 1.33 bits per heavy atom. The second-order valence-electron chi connectivity index (χ2n) is 4.82. The Morgan fingerprint density at radius 1 is 0.963 bits per heavy atom. The Hall–Kier alpha value is -2.58. The van der Waals surface area contributed by atoms with Gasteiger partial charge in [-0.15, -0.1) is 0 Å². The van der Waals surface area contributed by atoms with Crippen molar-refractivity contribution in [1.82, 2.24) is 10.6 Å². The van der Waals surface area contributed by atoms with Crippen molar-refractivity contribution in [2.45, 2.75) is 44.2 Å². The highest BCUT2D eigenvalue weighted by atomic mass is 19.4. The minimum Gasteiger partial charge on any atom is -0.480 e. The van der Waals surface area contributed by atoms with Crippen LogP contribution in [0, 0.1) is 0 Å². The minimum absolute atomic E-state index is 0.207. The lowest BCUT2D eigenvalue weighted by atomic mass is 10.2. The maximum atomic E-state index is 11.3. The van der Waals surface area contributed by atoms with Gasteiger partial charge in [-0.25, -0.2) is 9.59 Å². The Balaban J connectivity index is 0. The molecule has 0 aromatic carbocycles. The van der Waals surface area contributed by atoms with Crippen molar-refractivity contribution in [2.24, 2.45) is 0 Å². The van der Waals surface area contributed by atoms with Crippen LogP contribution in [-0.2, 0) is 19.2 Å². The van der Waals surface area contributed by atoms with Gasteiger partial charge in [0.25, 0.3) is 0 Å². The second kappa shape index (κ2) is 11.2. The quantitative estimate of drug-likeness (QED) is 0.421. The second-order valence-corrected chi connectivity index (χ2v) is 4.82. The molecule has 1 rings (SSSR count). The molecule has 1 aliphatic heterocycles. The Bertz CT molecular complexity index is 505. The van der Waals surface area contributed by atoms with E-state index in [4.69, 9.17) is 24.9 Å². The maximum Gasteiger partial charge on any atom is 0.490 e. The molecule has 5 N–H and O–H groups in total. The van der Waals surface area contributed by atoms with Crippen molar-refractivity contribution in [3.05, 3.63) is 0 Å². The molecule has 27 heavy (non-hydrogen) atoms. The molecule has 1 amide bonds. The van der Waals surface area contributed by atoms with Gasteiger partial charge >= 0.3 is 30.3 Å². The molecule has 0 saturated carbocycles. The number of halogens is 6. The van der Waals surface area contributed by atoms with E-state index in [9.17, 15) is 35.9 Å². The molecule has 1 fully saturated rings. The summed E-state index contributed by atoms with van der Waals surface area (Å²) in [6, 6.07) is -1.02. The van der Waals surface area contributed by atoms with Crippen molar-refractivity contribution < 1.29 is 60.8 Å². The fraction of sp³-hybridized carbons (Fsp3) is 0.667. The topological polar surface area (TPSA) is 153 Å². The number of hydrogen-bond donors (Lipinski definition) is 5. The number of carbonyl (C=O) groups is 4. The van der Waals surface area contributed by atoms with E-state index < -0.39 is 36.3 Å². The molecule has 1 heterocycles. The average molecular weight is 414 g/mol. The number of hydrogen-bond acceptors (Lipinski definition) is 5. The van der Waals surface area contributed by atoms with E-state index in [0.29, 0.717) is 0 Å². The lowest BCUT2D eigenvalue weighted by Crippen LogP contribution is -2.46. The summed E-state index contributed by atoms with van der Waals surface area (Å²) >= 11 is 0. The maximum absolute atomic E-state index is 11.3. The first-order chi connectivity index (χ1) is 12.0. The van der Waals surface area contributed by atoms with E-state index in [0.717, 1.165) is 19.4 Å². The summed E-state index contributed by atoms with van der Waals surface area (Å²) in [5.41, 5.74) is 0. The molecule has 1 unspecified atom stereocenters. The van der Waals surface area contributed by atoms with Gasteiger partial charge in [0, 0.05) is 0 Å². The highest BCUT2D eigenvalue weighted by molar-refractivity contribution is 5.86. The first-order valence-corrected chi connectivity index (χ1v) is 6.87. The van der Waals surface area contributed by atoms with Crippen molar-refractivity contribution in [1.29, 1.82) is 0 Å². The first kappa shape index (κ1) is 26.6. The highest BCUT2D eigenvalue weighted by Crippen LogP contribution is 2.13. The minimum atomic E-state index is -5.08. The predicted molar refractivity (Wildman–Crippen MR) is 73.6 cm³/mol. The molecule has 1 saturated heterocycles. The van der Waals surface area contributed by atoms with Crippen LogP contribution in [0.2, 0.25) is 0 Å². The van der Waals surface area contributed by atoms with Crippen LogP contribution in [0.1, 0.15) is 19.8 Å². The Kier molecular flexibility index (Phi) is 11.1. The van der Waals surface area contributed by atoms with E-state index in [-0.39, 0.29) is 11.9 Å². The van der Waals surface area contributed by atoms with E-state index in [1.54, 1.807) is 0 Å². The molecule has 15 heteroatoms. The van der Waals surface area contributed by atoms with Crippen molar-refractivity contribution in [3.8, 4) is 0 Å². The predicted octanol–water partition coefficient (Wildman–Crippen LogP) is 0.594. The fourth-order valence-corrected chi connectivity index (χ4v) is 1.28. The molecule has 0 radical (unpaired) electrons. The molecule has 158 valence electrons. The molecule has 0 bridgehead atoms. The number of carbonyl (C=O) groups excluding carboxylic acids is 1. The molecule has 1 aliphatic rings. The van der Waals surface area contributed by atoms with Crippen LogP contribution < -0.4 is 10.6 Å². The van der Waals surface area contributed by atoms with Crippen LogP contribution >= 0.6 is 0 Å². The average Bonchev–Trinajstić information content (AvgIpc) is 3.00. The van der Waals surface area contributed by atoms with Gasteiger partial charge in [-0.3, -0.25) is 9.59 Å². The SMILES string of the molecule is CC(NC(=O)[C@@H]1CCCN1)C(=O)O.O=C(O)C(F)(F)F.O=C(O)C(F)(F)F. The number of alkyl halides is 6. The van der Waals surface area contributed by atoms with Crippen LogP contribution in [0.5, 0.6) is 0 Å². The Labute approximate surface area is 147 Å². The van der Waals surface area contributed by atoms with Gasteiger partial charge < -0.3 is 26.0 Å². The first-order valence-electron chi connectivity index (χ1n) is 6.87. The van der Waals surface area contributed by atoms with Crippen LogP contribution in [0.25, 0.3) is 0 Å². The van der Waals surface area contributed by atoms with E-state index >= 15 is 0 Å². The number of carboxylic acids is 3. The fourth-order valence-electron chi connectivity index (χ4n) is 1.28. The summed E-state index contributed by atoms with van der Waals surface area (Å²) in [5.74, 6) is -6.74. The summed E-state index contributed by atoms with van der Waals surface area (Å²) in [6.07, 6.45) is -8.41. The summed E-state index contributed by atoms with van der Waals surface area (Å²) in [7, 11) is 0. The van der Waals surface area contributed by atoms with Crippen LogP contribution in [0.15, 0.2) is 0 Å². The zero-order valence-electron chi connectivity index (χ0n) is 13.5. The molecular weight excluding hydrogens is 398 g/mol. The molecular formula is C12H16F6N2O7. The van der Waals surface area contributed by atoms with Gasteiger partial charge in [-0.1, -0.05) is 0 Å². The van der Waals surface area contributed by atoms with Crippen LogP contribution in [-0.4, -0.2) is 70.1 Å². The molecule has 0 aliphatic carbocycles. The lowest BCUT2D eigenvalue weighted by molar-refractivity contribution is -0.193. The smallest absolute Gasteiger partial charge is 0.480 e. The summed E-state index contributed by atoms with van der Waals surface area (Å²) in [4.78, 5) is 39.5. The van der Waals surface area contributed by atoms with Gasteiger partial charge in [0.1, 0.15) is 6.04 Å². The summed E-state index contributed by atoms with van der Waals surface area (Å²) in [6.45, 7) is 2.29. The summed E-state index contributed by atoms with van der Waals surface area (Å²) in [5, 5.41) is 28.2. The zero-order chi connectivity index (χ0) is 22.0. The van der Waals surface area contributed by atoms with E-state index in [1.807, 2.05) is 0 Å². The normalized spacial score (nSPS) is 17.4. The van der Waals surface area contributed by atoms with E-state index in [2.05, 4.69) is 10.6 Å². The van der Waals surface area contributed by atoms with Crippen molar-refractivity contribution in [2.75, 3.05) is 6.54 Å². The van der Waals surface area contributed by atoms with Gasteiger partial charge in [0.2, 0.25) is 5.91 Å². The van der Waals surface area contributed by atoms with Crippen molar-refractivity contribution >= 4 is 23.8 Å². The van der Waals surface area contributed by atoms with Gasteiger partial charge in [0.05, 0.1) is 6.04 Å². The number of aliphatic carboxylic acids is 3. The van der Waals surface area contributed by atoms with Crippen LogP contribution in [0.3, 0.4) is 0 Å². The number of carboxylic acid groups (broad SMARTS) is 3. The molecule has 9 nitrogen and oxygen atoms in total. The van der Waals surface area contributed by atoms with Crippen LogP contribution in [0.4, 0.5) is 26.3 Å². The summed E-state index contributed by atoms with van der Waals surface area (Å²) < 4.78 is 63.5. The molecule has 0 aromatic rings. The number of rotatable bonds is 3. The van der Waals surface area contributed by atoms with Gasteiger partial charge in [-0.05, 0) is 26.3 Å². The highest BCUT2D eigenvalue weighted by Gasteiger charge is 2.38. The molecule has 0 aromatic heterocycles. The van der Waals surface area contributed by atoms with Crippen molar-refractivity contribution in [3.63, 3.8) is 0 Å². The molecule has 0 spiro atoms. The lowest BCUT2D eigenvalue weighted by Gasteiger charge is -2.13. The zero-order valence-corrected chi connectivity index (χ0v) is 13.5. The third-order valence-electron chi connectivity index (χ3n) is 2.59. The largest absolute Gasteiger partial charge is 0.490 e. The third kappa shape index (κ3) is 13.3. The number of amides is 1. The number of nitrogens with one attached hydrogen (secondary N) is 2. The Morgan fingerprint density at radius 3 is 1.56 bits per heavy atom. The molecule has 2 atom stereocenters. The monoisotopic (exact) mass is 414 g/mol. The standard InChI is InChI=1S/C8H14N2O3.2C2HF3O2/c1-5(8(12)13)10-7(11)6-3-2-4-9-6;2*3-2(4,5)1(6)7/h5-6,9H,2-4H2,1H3,(H,10,11)(H,12,13);2*(H,6,7)/t5?,6-;;/m0../s1. The third-order valence-corrected chi connectivity index (χ3v) is 2.59. The van der Waals surface area contributed by atoms with Gasteiger partial charge in [0.15, 0.2) is 0 Å².